The van der Waals surface area contributed by atoms with Gasteiger partial charge in [-0.25, -0.2) is 0 Å². The maximum atomic E-state index is 13.1. The minimum atomic E-state index is -0.828. The van der Waals surface area contributed by atoms with E-state index in [9.17, 15) is 24.0 Å². The zero-order valence-electron chi connectivity index (χ0n) is 18.3. The third-order valence-corrected chi connectivity index (χ3v) is 4.76. The van der Waals surface area contributed by atoms with E-state index in [4.69, 9.17) is 4.74 Å². The first kappa shape index (κ1) is 25.8. The number of esters is 1. The smallest absolute Gasteiger partial charge is 0.307 e. The number of anilines is 1. The number of nitrogens with zero attached hydrogens (tertiary/aromatic N) is 1. The van der Waals surface area contributed by atoms with Crippen LogP contribution in [0.4, 0.5) is 5.69 Å². The van der Waals surface area contributed by atoms with Gasteiger partial charge in [-0.15, -0.1) is 0 Å². The highest BCUT2D eigenvalue weighted by atomic mass is 16.5. The molecule has 2 N–H and O–H groups in total. The number of aldehydes is 2. The molecular weight excluding hydrogens is 402 g/mol. The third-order valence-electron chi connectivity index (χ3n) is 4.76. The molecule has 0 aliphatic heterocycles. The van der Waals surface area contributed by atoms with Gasteiger partial charge in [-0.2, -0.15) is 0 Å². The van der Waals surface area contributed by atoms with E-state index in [0.29, 0.717) is 24.9 Å². The molecule has 0 radical (unpaired) electrons. The number of carbonyl (C=O) groups excluding carboxylic acids is 5. The topological polar surface area (TPSA) is 122 Å². The predicted molar refractivity (Wildman–Crippen MR) is 116 cm³/mol. The largest absolute Gasteiger partial charge is 0.466 e. The molecule has 31 heavy (non-hydrogen) atoms. The summed E-state index contributed by atoms with van der Waals surface area (Å²) in [6, 6.07) is 3.91. The van der Waals surface area contributed by atoms with Crippen molar-refractivity contribution in [1.82, 2.24) is 10.2 Å². The molecule has 1 unspecified atom stereocenters. The van der Waals surface area contributed by atoms with Gasteiger partial charge >= 0.3 is 5.97 Å². The van der Waals surface area contributed by atoms with Gasteiger partial charge in [0.1, 0.15) is 6.29 Å². The molecule has 1 atom stereocenters. The first-order chi connectivity index (χ1) is 14.9. The number of carbonyl (C=O) groups is 5. The normalized spacial score (nSPS) is 11.2. The summed E-state index contributed by atoms with van der Waals surface area (Å²) in [5.74, 6) is -1.13. The Hall–Kier alpha value is -3.23. The van der Waals surface area contributed by atoms with Crippen molar-refractivity contribution in [2.75, 3.05) is 32.6 Å². The van der Waals surface area contributed by atoms with Crippen LogP contribution in [0.25, 0.3) is 0 Å². The average molecular weight is 434 g/mol. The van der Waals surface area contributed by atoms with E-state index in [-0.39, 0.29) is 48.8 Å². The highest BCUT2D eigenvalue weighted by molar-refractivity contribution is 6.06. The summed E-state index contributed by atoms with van der Waals surface area (Å²) in [5, 5.41) is 5.47. The van der Waals surface area contributed by atoms with E-state index >= 15 is 0 Å². The molecule has 0 fully saturated rings. The van der Waals surface area contributed by atoms with Crippen molar-refractivity contribution >= 4 is 36.0 Å². The van der Waals surface area contributed by atoms with Crippen LogP contribution in [0, 0.1) is 0 Å². The van der Waals surface area contributed by atoms with Gasteiger partial charge in [0.25, 0.3) is 5.91 Å². The zero-order chi connectivity index (χ0) is 23.2. The van der Waals surface area contributed by atoms with Crippen molar-refractivity contribution in [3.63, 3.8) is 0 Å². The van der Waals surface area contributed by atoms with Crippen LogP contribution in [-0.2, 0) is 19.1 Å². The van der Waals surface area contributed by atoms with Gasteiger partial charge in [-0.3, -0.25) is 19.2 Å². The molecule has 0 spiro atoms. The molecule has 0 saturated carbocycles. The Bertz CT molecular complexity index is 781. The lowest BCUT2D eigenvalue weighted by molar-refractivity contribution is -0.143. The standard InChI is InChI=1S/C22H31N3O6/c1-4-5-13-31-20(29)11-12-24-18-8-6-7-16(14-26)21(18)22(30)25(3)17(15-27)9-10-19(28)23-2/h6-8,14-15,17,24H,4-5,9-13H2,1-3H3,(H,23,28). The quantitative estimate of drug-likeness (QED) is 0.261. The fraction of sp³-hybridized carbons (Fsp3) is 0.500. The molecule has 170 valence electrons. The number of ether oxygens (including phenoxy) is 1. The van der Waals surface area contributed by atoms with Crippen LogP contribution in [0.2, 0.25) is 0 Å². The second-order valence-electron chi connectivity index (χ2n) is 6.97. The molecule has 0 heterocycles. The van der Waals surface area contributed by atoms with Gasteiger partial charge in [-0.05, 0) is 18.9 Å². The molecule has 0 aliphatic carbocycles. The molecule has 1 aromatic rings. The summed E-state index contributed by atoms with van der Waals surface area (Å²) in [4.78, 5) is 60.6. The lowest BCUT2D eigenvalue weighted by atomic mass is 10.0. The number of hydrogen-bond acceptors (Lipinski definition) is 7. The van der Waals surface area contributed by atoms with E-state index in [1.165, 1.54) is 25.1 Å². The summed E-state index contributed by atoms with van der Waals surface area (Å²) in [7, 11) is 2.94. The molecule has 1 aromatic carbocycles. The highest BCUT2D eigenvalue weighted by Gasteiger charge is 2.25. The van der Waals surface area contributed by atoms with Crippen LogP contribution >= 0.6 is 0 Å². The predicted octanol–water partition coefficient (Wildman–Crippen LogP) is 1.81. The van der Waals surface area contributed by atoms with Crippen LogP contribution < -0.4 is 10.6 Å². The summed E-state index contributed by atoms with van der Waals surface area (Å²) in [6.45, 7) is 2.58. The van der Waals surface area contributed by atoms with Gasteiger partial charge in [0, 0.05) is 38.3 Å². The molecule has 0 aromatic heterocycles. The van der Waals surface area contributed by atoms with Gasteiger partial charge in [-0.1, -0.05) is 25.5 Å². The minimum absolute atomic E-state index is 0.0815. The third kappa shape index (κ3) is 8.19. The SMILES string of the molecule is CCCCOC(=O)CCNc1cccc(C=O)c1C(=O)N(C)C(C=O)CCC(=O)NC. The Kier molecular flexibility index (Phi) is 11.6. The Morgan fingerprint density at radius 2 is 1.94 bits per heavy atom. The molecule has 0 bridgehead atoms. The molecule has 0 saturated heterocycles. The first-order valence-corrected chi connectivity index (χ1v) is 10.3. The van der Waals surface area contributed by atoms with E-state index in [1.807, 2.05) is 6.92 Å². The molecule has 1 rings (SSSR count). The summed E-state index contributed by atoms with van der Waals surface area (Å²) in [5.41, 5.74) is 0.633. The molecule has 9 heteroatoms. The van der Waals surface area contributed by atoms with Gasteiger partial charge in [0.15, 0.2) is 6.29 Å². The second-order valence-corrected chi connectivity index (χ2v) is 6.97. The number of nitrogens with one attached hydrogen (secondary N) is 2. The molecule has 0 aliphatic rings. The minimum Gasteiger partial charge on any atom is -0.466 e. The Labute approximate surface area is 182 Å². The van der Waals surface area contributed by atoms with Crippen molar-refractivity contribution in [3.05, 3.63) is 29.3 Å². The number of unbranched alkanes of at least 4 members (excludes halogenated alkanes) is 1. The van der Waals surface area contributed by atoms with Crippen LogP contribution in [0.3, 0.4) is 0 Å². The molecular formula is C22H31N3O6. The lowest BCUT2D eigenvalue weighted by Crippen LogP contribution is -2.39. The van der Waals surface area contributed by atoms with E-state index in [2.05, 4.69) is 10.6 Å². The van der Waals surface area contributed by atoms with Crippen LogP contribution in [0.15, 0.2) is 18.2 Å². The first-order valence-electron chi connectivity index (χ1n) is 10.3. The van der Waals surface area contributed by atoms with Crippen molar-refractivity contribution in [3.8, 4) is 0 Å². The van der Waals surface area contributed by atoms with E-state index in [0.717, 1.165) is 12.8 Å². The van der Waals surface area contributed by atoms with Crippen molar-refractivity contribution in [2.45, 2.75) is 45.1 Å². The number of likely N-dealkylation sites (N-methyl/N-ethyl adjacent to an activating group) is 1. The summed E-state index contributed by atoms with van der Waals surface area (Å²) in [6.07, 6.45) is 3.22. The lowest BCUT2D eigenvalue weighted by Gasteiger charge is -2.25. The number of benzene rings is 1. The highest BCUT2D eigenvalue weighted by Crippen LogP contribution is 2.22. The number of hydrogen-bond donors (Lipinski definition) is 2. The Balaban J connectivity index is 2.92. The monoisotopic (exact) mass is 433 g/mol. The van der Waals surface area contributed by atoms with Crippen LogP contribution in [0.1, 0.15) is 59.7 Å². The summed E-state index contributed by atoms with van der Waals surface area (Å²) >= 11 is 0. The van der Waals surface area contributed by atoms with Gasteiger partial charge in [0.2, 0.25) is 5.91 Å². The molecule has 2 amide bonds. The Morgan fingerprint density at radius 1 is 1.19 bits per heavy atom. The van der Waals surface area contributed by atoms with E-state index < -0.39 is 11.9 Å². The van der Waals surface area contributed by atoms with Crippen LogP contribution in [-0.4, -0.2) is 68.5 Å². The Morgan fingerprint density at radius 3 is 2.55 bits per heavy atom. The fourth-order valence-electron chi connectivity index (χ4n) is 2.84. The van der Waals surface area contributed by atoms with Gasteiger partial charge < -0.3 is 25.1 Å². The molecule has 9 nitrogen and oxygen atoms in total. The average Bonchev–Trinajstić information content (AvgIpc) is 2.78. The van der Waals surface area contributed by atoms with Crippen molar-refractivity contribution in [1.29, 1.82) is 0 Å². The van der Waals surface area contributed by atoms with E-state index in [1.54, 1.807) is 12.1 Å². The van der Waals surface area contributed by atoms with Gasteiger partial charge in [0.05, 0.1) is 24.6 Å². The summed E-state index contributed by atoms with van der Waals surface area (Å²) < 4.78 is 5.10. The van der Waals surface area contributed by atoms with Crippen molar-refractivity contribution in [2.24, 2.45) is 0 Å². The fourth-order valence-corrected chi connectivity index (χ4v) is 2.84. The maximum Gasteiger partial charge on any atom is 0.307 e. The zero-order valence-corrected chi connectivity index (χ0v) is 18.3. The maximum absolute atomic E-state index is 13.1. The van der Waals surface area contributed by atoms with Crippen molar-refractivity contribution < 1.29 is 28.7 Å². The number of amides is 2. The number of rotatable bonds is 14. The van der Waals surface area contributed by atoms with Crippen LogP contribution in [0.5, 0.6) is 0 Å². The second kappa shape index (κ2) is 13.9.